The molecule has 0 radical (unpaired) electrons. The zero-order chi connectivity index (χ0) is 24.9. The molecule has 188 valence electrons. The lowest BCUT2D eigenvalue weighted by Gasteiger charge is -2.36. The van der Waals surface area contributed by atoms with Crippen LogP contribution in [0.1, 0.15) is 53.7 Å². The standard InChI is InChI=1S/C26H36N6O3/c1-4-29-13-15-30(16-14-29)26(35)23(19(2)3)27-24(33)21-17-22-25(34)31(11-8-12-32(22)28-21)18-20-9-6-5-7-10-20/h5-7,9-10,17,19,23H,4,8,11-16,18H2,1-3H3,(H,27,33)/t23-/m0/s1. The summed E-state index contributed by atoms with van der Waals surface area (Å²) in [6.45, 7) is 11.7. The Hall–Kier alpha value is -3.20. The van der Waals surface area contributed by atoms with Gasteiger partial charge in [0.25, 0.3) is 11.8 Å². The summed E-state index contributed by atoms with van der Waals surface area (Å²) in [5.41, 5.74) is 1.64. The molecule has 0 unspecified atom stereocenters. The average molecular weight is 481 g/mol. The van der Waals surface area contributed by atoms with E-state index in [1.165, 1.54) is 0 Å². The molecule has 9 nitrogen and oxygen atoms in total. The van der Waals surface area contributed by atoms with Gasteiger partial charge in [-0.3, -0.25) is 19.1 Å². The van der Waals surface area contributed by atoms with Crippen LogP contribution in [0.3, 0.4) is 0 Å². The minimum Gasteiger partial charge on any atom is -0.339 e. The van der Waals surface area contributed by atoms with Gasteiger partial charge in [0.2, 0.25) is 5.91 Å². The van der Waals surface area contributed by atoms with Crippen molar-refractivity contribution in [2.75, 3.05) is 39.3 Å². The fourth-order valence-electron chi connectivity index (χ4n) is 4.71. The smallest absolute Gasteiger partial charge is 0.272 e. The van der Waals surface area contributed by atoms with Crippen molar-refractivity contribution in [3.05, 3.63) is 53.3 Å². The minimum absolute atomic E-state index is 0.0602. The molecule has 1 N–H and O–H groups in total. The number of amides is 3. The number of piperazine rings is 1. The molecule has 35 heavy (non-hydrogen) atoms. The molecular weight excluding hydrogens is 444 g/mol. The van der Waals surface area contributed by atoms with Crippen molar-refractivity contribution in [3.63, 3.8) is 0 Å². The number of fused-ring (bicyclic) bond motifs is 1. The van der Waals surface area contributed by atoms with Gasteiger partial charge in [0.15, 0.2) is 5.69 Å². The second-order valence-electron chi connectivity index (χ2n) is 9.66. The van der Waals surface area contributed by atoms with Gasteiger partial charge < -0.3 is 20.0 Å². The first-order chi connectivity index (χ1) is 16.9. The van der Waals surface area contributed by atoms with E-state index in [0.717, 1.165) is 31.6 Å². The zero-order valence-corrected chi connectivity index (χ0v) is 20.9. The number of aryl methyl sites for hydroxylation is 1. The number of benzene rings is 1. The first kappa shape index (κ1) is 24.9. The van der Waals surface area contributed by atoms with Crippen LogP contribution in [0.5, 0.6) is 0 Å². The van der Waals surface area contributed by atoms with Crippen molar-refractivity contribution in [1.82, 2.24) is 29.8 Å². The molecule has 0 aliphatic carbocycles. The van der Waals surface area contributed by atoms with Crippen LogP contribution >= 0.6 is 0 Å². The van der Waals surface area contributed by atoms with Gasteiger partial charge in [0.1, 0.15) is 11.7 Å². The van der Waals surface area contributed by atoms with Crippen LogP contribution < -0.4 is 5.32 Å². The van der Waals surface area contributed by atoms with E-state index in [1.807, 2.05) is 49.1 Å². The fourth-order valence-corrected chi connectivity index (χ4v) is 4.71. The molecule has 1 aromatic carbocycles. The van der Waals surface area contributed by atoms with Crippen molar-refractivity contribution >= 4 is 17.7 Å². The molecule has 1 aromatic heterocycles. The quantitative estimate of drug-likeness (QED) is 0.653. The van der Waals surface area contributed by atoms with Gasteiger partial charge in [-0.15, -0.1) is 0 Å². The second-order valence-corrected chi connectivity index (χ2v) is 9.66. The van der Waals surface area contributed by atoms with E-state index in [4.69, 9.17) is 0 Å². The maximum Gasteiger partial charge on any atom is 0.272 e. The van der Waals surface area contributed by atoms with E-state index in [2.05, 4.69) is 22.2 Å². The first-order valence-corrected chi connectivity index (χ1v) is 12.6. The Balaban J connectivity index is 1.45. The number of hydrogen-bond donors (Lipinski definition) is 1. The maximum atomic E-state index is 13.2. The third-order valence-electron chi connectivity index (χ3n) is 6.88. The Morgan fingerprint density at radius 1 is 1.03 bits per heavy atom. The lowest BCUT2D eigenvalue weighted by molar-refractivity contribution is -0.136. The van der Waals surface area contributed by atoms with Crippen molar-refractivity contribution in [3.8, 4) is 0 Å². The van der Waals surface area contributed by atoms with Crippen LogP contribution in [0, 0.1) is 5.92 Å². The molecule has 0 saturated carbocycles. The normalized spacial score (nSPS) is 17.8. The summed E-state index contributed by atoms with van der Waals surface area (Å²) in [6.07, 6.45) is 0.755. The summed E-state index contributed by atoms with van der Waals surface area (Å²) in [5.74, 6) is -0.690. The van der Waals surface area contributed by atoms with E-state index in [1.54, 1.807) is 15.6 Å². The Labute approximate surface area is 207 Å². The van der Waals surface area contributed by atoms with Crippen LogP contribution in [0.25, 0.3) is 0 Å². The van der Waals surface area contributed by atoms with Crippen LogP contribution in [-0.4, -0.2) is 87.5 Å². The van der Waals surface area contributed by atoms with Gasteiger partial charge in [-0.05, 0) is 24.4 Å². The fraction of sp³-hybridized carbons (Fsp3) is 0.538. The Kier molecular flexibility index (Phi) is 7.85. The SMILES string of the molecule is CCN1CCN(C(=O)[C@@H](NC(=O)c2cc3n(n2)CCCN(Cc2ccccc2)C3=O)C(C)C)CC1. The molecule has 9 heteroatoms. The summed E-state index contributed by atoms with van der Waals surface area (Å²) in [7, 11) is 0. The molecule has 3 amide bonds. The third-order valence-corrected chi connectivity index (χ3v) is 6.88. The molecule has 1 saturated heterocycles. The van der Waals surface area contributed by atoms with Crippen LogP contribution in [-0.2, 0) is 17.9 Å². The number of nitrogens with zero attached hydrogens (tertiary/aromatic N) is 5. The summed E-state index contributed by atoms with van der Waals surface area (Å²) >= 11 is 0. The lowest BCUT2D eigenvalue weighted by Crippen LogP contribution is -2.56. The van der Waals surface area contributed by atoms with E-state index >= 15 is 0 Å². The number of rotatable bonds is 7. The number of aromatic nitrogens is 2. The van der Waals surface area contributed by atoms with Gasteiger partial charge in [0.05, 0.1) is 0 Å². The average Bonchev–Trinajstić information content (AvgIpc) is 3.24. The molecule has 1 atom stereocenters. The molecule has 2 aromatic rings. The molecule has 3 heterocycles. The van der Waals surface area contributed by atoms with Crippen molar-refractivity contribution in [1.29, 1.82) is 0 Å². The van der Waals surface area contributed by atoms with Gasteiger partial charge >= 0.3 is 0 Å². The molecule has 4 rings (SSSR count). The zero-order valence-electron chi connectivity index (χ0n) is 20.9. The number of likely N-dealkylation sites (N-methyl/N-ethyl adjacent to an activating group) is 1. The van der Waals surface area contributed by atoms with Gasteiger partial charge in [-0.2, -0.15) is 5.10 Å². The molecule has 2 aliphatic rings. The van der Waals surface area contributed by atoms with Crippen molar-refractivity contribution < 1.29 is 14.4 Å². The molecule has 1 fully saturated rings. The first-order valence-electron chi connectivity index (χ1n) is 12.6. The van der Waals surface area contributed by atoms with Crippen LogP contribution in [0.15, 0.2) is 36.4 Å². The minimum atomic E-state index is -0.637. The van der Waals surface area contributed by atoms with E-state index in [0.29, 0.717) is 38.4 Å². The molecular formula is C26H36N6O3. The van der Waals surface area contributed by atoms with Gasteiger partial charge in [-0.25, -0.2) is 0 Å². The molecule has 0 spiro atoms. The van der Waals surface area contributed by atoms with Gasteiger partial charge in [-0.1, -0.05) is 51.1 Å². The molecule has 2 aliphatic heterocycles. The predicted molar refractivity (Wildman–Crippen MR) is 133 cm³/mol. The highest BCUT2D eigenvalue weighted by Gasteiger charge is 2.32. The lowest BCUT2D eigenvalue weighted by atomic mass is 10.0. The largest absolute Gasteiger partial charge is 0.339 e. The highest BCUT2D eigenvalue weighted by molar-refractivity contribution is 5.99. The number of carbonyl (C=O) groups is 3. The van der Waals surface area contributed by atoms with E-state index in [9.17, 15) is 14.4 Å². The van der Waals surface area contributed by atoms with E-state index < -0.39 is 11.9 Å². The number of nitrogens with one attached hydrogen (secondary N) is 1. The highest BCUT2D eigenvalue weighted by Crippen LogP contribution is 2.17. The third kappa shape index (κ3) is 5.73. The summed E-state index contributed by atoms with van der Waals surface area (Å²) < 4.78 is 1.62. The predicted octanol–water partition coefficient (Wildman–Crippen LogP) is 1.85. The second kappa shape index (κ2) is 11.0. The van der Waals surface area contributed by atoms with Crippen LogP contribution in [0.2, 0.25) is 0 Å². The number of hydrogen-bond acceptors (Lipinski definition) is 5. The Morgan fingerprint density at radius 2 is 1.74 bits per heavy atom. The topological polar surface area (TPSA) is 90.8 Å². The highest BCUT2D eigenvalue weighted by atomic mass is 16.2. The maximum absolute atomic E-state index is 13.2. The Bertz CT molecular complexity index is 1040. The molecule has 0 bridgehead atoms. The van der Waals surface area contributed by atoms with Crippen LogP contribution in [0.4, 0.5) is 0 Å². The summed E-state index contributed by atoms with van der Waals surface area (Å²) in [4.78, 5) is 45.5. The van der Waals surface area contributed by atoms with Crippen molar-refractivity contribution in [2.45, 2.75) is 46.3 Å². The van der Waals surface area contributed by atoms with Gasteiger partial charge in [0, 0.05) is 51.9 Å². The van der Waals surface area contributed by atoms with Crippen molar-refractivity contribution in [2.24, 2.45) is 5.92 Å². The Morgan fingerprint density at radius 3 is 2.40 bits per heavy atom. The summed E-state index contributed by atoms with van der Waals surface area (Å²) in [5, 5.41) is 7.33. The summed E-state index contributed by atoms with van der Waals surface area (Å²) in [6, 6.07) is 10.8. The van der Waals surface area contributed by atoms with E-state index in [-0.39, 0.29) is 23.4 Å². The monoisotopic (exact) mass is 480 g/mol. The number of carbonyl (C=O) groups excluding carboxylic acids is 3.